The number of amides is 1. The van der Waals surface area contributed by atoms with Crippen molar-refractivity contribution >= 4 is 18.3 Å². The molecule has 124 valence electrons. The van der Waals surface area contributed by atoms with Gasteiger partial charge in [-0.15, -0.1) is 12.4 Å². The van der Waals surface area contributed by atoms with E-state index in [1.807, 2.05) is 0 Å². The van der Waals surface area contributed by atoms with Crippen LogP contribution < -0.4 is 10.6 Å². The van der Waals surface area contributed by atoms with Gasteiger partial charge in [-0.25, -0.2) is 0 Å². The Kier molecular flexibility index (Phi) is 8.60. The van der Waals surface area contributed by atoms with Crippen molar-refractivity contribution in [3.05, 3.63) is 0 Å². The number of hydrogen-bond acceptors (Lipinski definition) is 3. The average Bonchev–Trinajstić information content (AvgIpc) is 2.85. The minimum Gasteiger partial charge on any atom is -0.383 e. The van der Waals surface area contributed by atoms with Gasteiger partial charge < -0.3 is 15.4 Å². The van der Waals surface area contributed by atoms with Crippen LogP contribution in [0.4, 0.5) is 0 Å². The summed E-state index contributed by atoms with van der Waals surface area (Å²) in [5.41, 5.74) is -0.0357. The number of carbonyl (C=O) groups excluding carboxylic acids is 1. The van der Waals surface area contributed by atoms with Crippen molar-refractivity contribution in [1.82, 2.24) is 10.6 Å². The summed E-state index contributed by atoms with van der Waals surface area (Å²) >= 11 is 0. The van der Waals surface area contributed by atoms with E-state index < -0.39 is 0 Å². The first-order valence-corrected chi connectivity index (χ1v) is 8.27. The van der Waals surface area contributed by atoms with E-state index in [0.717, 1.165) is 25.8 Å². The molecular formula is C16H31ClN2O2. The van der Waals surface area contributed by atoms with Gasteiger partial charge in [-0.1, -0.05) is 32.1 Å². The van der Waals surface area contributed by atoms with Crippen LogP contribution in [0.3, 0.4) is 0 Å². The first-order chi connectivity index (χ1) is 9.76. The number of methoxy groups -OCH3 is 1. The molecule has 5 heteroatoms. The average molecular weight is 319 g/mol. The van der Waals surface area contributed by atoms with Crippen LogP contribution in [-0.2, 0) is 9.53 Å². The Morgan fingerprint density at radius 3 is 2.43 bits per heavy atom. The van der Waals surface area contributed by atoms with Crippen molar-refractivity contribution < 1.29 is 9.53 Å². The molecule has 1 unspecified atom stereocenters. The molecule has 1 saturated heterocycles. The fourth-order valence-corrected chi connectivity index (χ4v) is 3.59. The zero-order valence-electron chi connectivity index (χ0n) is 13.3. The van der Waals surface area contributed by atoms with Crippen molar-refractivity contribution in [3.8, 4) is 0 Å². The first-order valence-electron chi connectivity index (χ1n) is 8.27. The number of hydrogen-bond donors (Lipinski definition) is 2. The smallest absolute Gasteiger partial charge is 0.223 e. The third kappa shape index (κ3) is 5.76. The lowest BCUT2D eigenvalue weighted by Crippen LogP contribution is -2.53. The van der Waals surface area contributed by atoms with Crippen LogP contribution in [0.1, 0.15) is 57.8 Å². The van der Waals surface area contributed by atoms with Crippen molar-refractivity contribution in [2.75, 3.05) is 26.8 Å². The van der Waals surface area contributed by atoms with Crippen LogP contribution in [0.15, 0.2) is 0 Å². The van der Waals surface area contributed by atoms with Gasteiger partial charge >= 0.3 is 0 Å². The highest BCUT2D eigenvalue weighted by Crippen LogP contribution is 2.23. The summed E-state index contributed by atoms with van der Waals surface area (Å²) in [7, 11) is 1.73. The SMILES string of the molecule is COCC1(CNC(=O)C2CCCCCCC2)CCCN1.Cl. The number of ether oxygens (including phenoxy) is 1. The lowest BCUT2D eigenvalue weighted by Gasteiger charge is -2.30. The van der Waals surface area contributed by atoms with E-state index in [4.69, 9.17) is 4.74 Å². The molecule has 0 spiro atoms. The molecule has 0 bridgehead atoms. The van der Waals surface area contributed by atoms with Gasteiger partial charge in [0.1, 0.15) is 0 Å². The summed E-state index contributed by atoms with van der Waals surface area (Å²) in [6.45, 7) is 2.41. The molecule has 2 rings (SSSR count). The number of carbonyl (C=O) groups is 1. The Labute approximate surface area is 135 Å². The van der Waals surface area contributed by atoms with Gasteiger partial charge in [-0.3, -0.25) is 4.79 Å². The molecule has 2 fully saturated rings. The lowest BCUT2D eigenvalue weighted by atomic mass is 9.90. The van der Waals surface area contributed by atoms with E-state index in [9.17, 15) is 4.79 Å². The third-order valence-electron chi connectivity index (χ3n) is 4.83. The van der Waals surface area contributed by atoms with E-state index in [1.165, 1.54) is 38.5 Å². The predicted molar refractivity (Wildman–Crippen MR) is 87.9 cm³/mol. The fourth-order valence-electron chi connectivity index (χ4n) is 3.59. The van der Waals surface area contributed by atoms with Crippen LogP contribution in [0.2, 0.25) is 0 Å². The molecule has 0 radical (unpaired) electrons. The molecule has 1 atom stereocenters. The molecule has 2 aliphatic rings. The van der Waals surface area contributed by atoms with Gasteiger partial charge in [0.05, 0.1) is 12.1 Å². The highest BCUT2D eigenvalue weighted by Gasteiger charge is 2.34. The first kappa shape index (κ1) is 18.7. The van der Waals surface area contributed by atoms with Gasteiger partial charge in [0, 0.05) is 19.6 Å². The number of nitrogens with one attached hydrogen (secondary N) is 2. The summed E-state index contributed by atoms with van der Waals surface area (Å²) in [5, 5.41) is 6.70. The highest BCUT2D eigenvalue weighted by atomic mass is 35.5. The van der Waals surface area contributed by atoms with E-state index in [1.54, 1.807) is 7.11 Å². The second kappa shape index (κ2) is 9.65. The number of halogens is 1. The normalized spacial score (nSPS) is 27.5. The Hall–Kier alpha value is -0.320. The van der Waals surface area contributed by atoms with Crippen LogP contribution in [0.25, 0.3) is 0 Å². The van der Waals surface area contributed by atoms with Gasteiger partial charge in [0.15, 0.2) is 0 Å². The molecule has 1 amide bonds. The fraction of sp³-hybridized carbons (Fsp3) is 0.938. The summed E-state index contributed by atoms with van der Waals surface area (Å²) in [5.74, 6) is 0.493. The summed E-state index contributed by atoms with van der Waals surface area (Å²) in [6, 6.07) is 0. The van der Waals surface area contributed by atoms with Crippen molar-refractivity contribution in [1.29, 1.82) is 0 Å². The van der Waals surface area contributed by atoms with Crippen molar-refractivity contribution in [2.45, 2.75) is 63.3 Å². The molecule has 1 aliphatic carbocycles. The van der Waals surface area contributed by atoms with Gasteiger partial charge in [-0.2, -0.15) is 0 Å². The molecule has 1 heterocycles. The Balaban J connectivity index is 0.00000220. The quantitative estimate of drug-likeness (QED) is 0.819. The van der Waals surface area contributed by atoms with Gasteiger partial charge in [0.2, 0.25) is 5.91 Å². The second-order valence-electron chi connectivity index (χ2n) is 6.50. The minimum atomic E-state index is -0.0357. The molecule has 21 heavy (non-hydrogen) atoms. The molecule has 4 nitrogen and oxygen atoms in total. The van der Waals surface area contributed by atoms with Crippen LogP contribution in [0.5, 0.6) is 0 Å². The van der Waals surface area contributed by atoms with Crippen LogP contribution in [-0.4, -0.2) is 38.3 Å². The lowest BCUT2D eigenvalue weighted by molar-refractivity contribution is -0.126. The monoisotopic (exact) mass is 318 g/mol. The highest BCUT2D eigenvalue weighted by molar-refractivity contribution is 5.85. The maximum Gasteiger partial charge on any atom is 0.223 e. The Morgan fingerprint density at radius 1 is 1.19 bits per heavy atom. The zero-order chi connectivity index (χ0) is 14.3. The van der Waals surface area contributed by atoms with Gasteiger partial charge in [-0.05, 0) is 32.2 Å². The molecule has 0 aromatic carbocycles. The molecule has 2 N–H and O–H groups in total. The molecule has 1 aliphatic heterocycles. The molecule has 0 aromatic rings. The van der Waals surface area contributed by atoms with Crippen molar-refractivity contribution in [2.24, 2.45) is 5.92 Å². The van der Waals surface area contributed by atoms with E-state index >= 15 is 0 Å². The van der Waals surface area contributed by atoms with Crippen molar-refractivity contribution in [3.63, 3.8) is 0 Å². The Bertz CT molecular complexity index is 299. The second-order valence-corrected chi connectivity index (χ2v) is 6.50. The summed E-state index contributed by atoms with van der Waals surface area (Å²) in [6.07, 6.45) is 10.7. The third-order valence-corrected chi connectivity index (χ3v) is 4.83. The van der Waals surface area contributed by atoms with E-state index in [-0.39, 0.29) is 29.8 Å². The molecule has 1 saturated carbocycles. The maximum absolute atomic E-state index is 12.4. The number of rotatable bonds is 5. The van der Waals surface area contributed by atoms with Crippen LogP contribution in [0, 0.1) is 5.92 Å². The minimum absolute atomic E-state index is 0. The predicted octanol–water partition coefficient (Wildman–Crippen LogP) is 2.65. The van der Waals surface area contributed by atoms with Crippen LogP contribution >= 0.6 is 12.4 Å². The van der Waals surface area contributed by atoms with E-state index in [2.05, 4.69) is 10.6 Å². The summed E-state index contributed by atoms with van der Waals surface area (Å²) < 4.78 is 5.33. The standard InChI is InChI=1S/C16H30N2O2.ClH/c1-20-13-16(10-7-11-18-16)12-17-15(19)14-8-5-3-2-4-6-9-14;/h14,18H,2-13H2,1H3,(H,17,19);1H. The summed E-state index contributed by atoms with van der Waals surface area (Å²) in [4.78, 5) is 12.4. The van der Waals surface area contributed by atoms with E-state index in [0.29, 0.717) is 13.2 Å². The largest absolute Gasteiger partial charge is 0.383 e. The Morgan fingerprint density at radius 2 is 1.86 bits per heavy atom. The van der Waals surface area contributed by atoms with Gasteiger partial charge in [0.25, 0.3) is 0 Å². The zero-order valence-corrected chi connectivity index (χ0v) is 14.1. The maximum atomic E-state index is 12.4. The molecule has 0 aromatic heterocycles. The topological polar surface area (TPSA) is 50.4 Å². The molecular weight excluding hydrogens is 288 g/mol.